The first-order valence-corrected chi connectivity index (χ1v) is 11.1. The van der Waals surface area contributed by atoms with Crippen molar-refractivity contribution >= 4 is 17.9 Å². The zero-order chi connectivity index (χ0) is 22.9. The number of nitrogens with zero attached hydrogens (tertiary/aromatic N) is 7. The first-order chi connectivity index (χ1) is 15.2. The van der Waals surface area contributed by atoms with Gasteiger partial charge in [-0.1, -0.05) is 0 Å². The van der Waals surface area contributed by atoms with E-state index in [1.807, 2.05) is 17.1 Å². The van der Waals surface area contributed by atoms with E-state index in [0.717, 1.165) is 37.0 Å². The number of rotatable bonds is 6. The summed E-state index contributed by atoms with van der Waals surface area (Å²) in [5.74, 6) is 0.196. The van der Waals surface area contributed by atoms with E-state index in [0.29, 0.717) is 11.6 Å². The van der Waals surface area contributed by atoms with Crippen molar-refractivity contribution in [2.75, 3.05) is 18.4 Å². The molecule has 8 nitrogen and oxygen atoms in total. The molecular formula is C20H25F3N8S. The number of halogens is 3. The highest BCUT2D eigenvalue weighted by atomic mass is 32.2. The van der Waals surface area contributed by atoms with Crippen molar-refractivity contribution in [3.63, 3.8) is 0 Å². The molecule has 1 fully saturated rings. The van der Waals surface area contributed by atoms with Crippen LogP contribution in [0.3, 0.4) is 0 Å². The Morgan fingerprint density at radius 3 is 2.44 bits per heavy atom. The van der Waals surface area contributed by atoms with Crippen LogP contribution in [0.15, 0.2) is 35.9 Å². The third-order valence-electron chi connectivity index (χ3n) is 5.20. The molecule has 1 aliphatic heterocycles. The minimum atomic E-state index is -4.55. The molecule has 0 aromatic carbocycles. The fraction of sp³-hybridized carbons (Fsp3) is 0.500. The molecule has 4 heterocycles. The Morgan fingerprint density at radius 1 is 1.09 bits per heavy atom. The number of nitrogens with one attached hydrogen (secondary N) is 1. The molecule has 0 bridgehead atoms. The zero-order valence-corrected chi connectivity index (χ0v) is 18.9. The van der Waals surface area contributed by atoms with E-state index >= 15 is 0 Å². The van der Waals surface area contributed by atoms with Crippen molar-refractivity contribution in [2.45, 2.75) is 49.8 Å². The molecule has 0 spiro atoms. The summed E-state index contributed by atoms with van der Waals surface area (Å²) in [5.41, 5.74) is -0.735. The molecule has 0 aliphatic carbocycles. The van der Waals surface area contributed by atoms with Crippen LogP contribution in [0.25, 0.3) is 11.3 Å². The number of hydrogen-bond donors (Lipinski definition) is 1. The maximum Gasteiger partial charge on any atom is 0.419 e. The number of aromatic nitrogens is 6. The van der Waals surface area contributed by atoms with E-state index in [1.54, 1.807) is 19.0 Å². The van der Waals surface area contributed by atoms with E-state index in [2.05, 4.69) is 43.6 Å². The van der Waals surface area contributed by atoms with Gasteiger partial charge in [0, 0.05) is 56.4 Å². The summed E-state index contributed by atoms with van der Waals surface area (Å²) in [6.07, 6.45) is 4.75. The number of piperidine rings is 1. The fourth-order valence-electron chi connectivity index (χ4n) is 3.50. The molecule has 172 valence electrons. The minimum Gasteiger partial charge on any atom is -0.351 e. The normalized spacial score (nSPS) is 16.1. The van der Waals surface area contributed by atoms with Gasteiger partial charge in [0.2, 0.25) is 5.95 Å². The van der Waals surface area contributed by atoms with E-state index in [4.69, 9.17) is 0 Å². The van der Waals surface area contributed by atoms with Crippen molar-refractivity contribution in [3.8, 4) is 11.3 Å². The van der Waals surface area contributed by atoms with Crippen molar-refractivity contribution in [1.82, 2.24) is 33.8 Å². The quantitative estimate of drug-likeness (QED) is 0.544. The van der Waals surface area contributed by atoms with Crippen LogP contribution in [-0.2, 0) is 13.2 Å². The third-order valence-corrected chi connectivity index (χ3v) is 6.25. The molecule has 3 aromatic rings. The zero-order valence-electron chi connectivity index (χ0n) is 18.0. The van der Waals surface area contributed by atoms with Gasteiger partial charge in [0.25, 0.3) is 0 Å². The Labute approximate surface area is 188 Å². The van der Waals surface area contributed by atoms with Gasteiger partial charge in [0.15, 0.2) is 0 Å². The molecular weight excluding hydrogens is 441 g/mol. The first kappa shape index (κ1) is 22.6. The summed E-state index contributed by atoms with van der Waals surface area (Å²) in [6.45, 7) is 5.85. The summed E-state index contributed by atoms with van der Waals surface area (Å²) in [4.78, 5) is 9.23. The van der Waals surface area contributed by atoms with Crippen molar-refractivity contribution in [3.05, 3.63) is 36.5 Å². The molecule has 1 aliphatic rings. The van der Waals surface area contributed by atoms with Gasteiger partial charge >= 0.3 is 6.18 Å². The summed E-state index contributed by atoms with van der Waals surface area (Å²) in [6, 6.07) is 0.406. The maximum atomic E-state index is 13.5. The molecule has 1 saturated heterocycles. The Kier molecular flexibility index (Phi) is 6.42. The minimum absolute atomic E-state index is 0.0868. The number of alkyl halides is 3. The predicted octanol–water partition coefficient (Wildman–Crippen LogP) is 4.26. The largest absolute Gasteiger partial charge is 0.419 e. The lowest BCUT2D eigenvalue weighted by Gasteiger charge is -2.31. The lowest BCUT2D eigenvalue weighted by molar-refractivity contribution is -0.137. The smallest absolute Gasteiger partial charge is 0.351 e. The molecule has 32 heavy (non-hydrogen) atoms. The second-order valence-electron chi connectivity index (χ2n) is 8.05. The van der Waals surface area contributed by atoms with Crippen molar-refractivity contribution < 1.29 is 13.2 Å². The van der Waals surface area contributed by atoms with Gasteiger partial charge in [-0.05, 0) is 38.6 Å². The van der Waals surface area contributed by atoms with Gasteiger partial charge in [0.1, 0.15) is 5.56 Å². The van der Waals surface area contributed by atoms with Crippen LogP contribution < -0.4 is 5.32 Å². The average molecular weight is 467 g/mol. The molecule has 3 aromatic heterocycles. The molecule has 0 saturated carbocycles. The highest BCUT2D eigenvalue weighted by Crippen LogP contribution is 2.36. The Bertz CT molecular complexity index is 1050. The van der Waals surface area contributed by atoms with Crippen LogP contribution in [0.1, 0.15) is 38.3 Å². The van der Waals surface area contributed by atoms with Crippen LogP contribution in [0.4, 0.5) is 19.1 Å². The first-order valence-electron chi connectivity index (χ1n) is 10.4. The van der Waals surface area contributed by atoms with E-state index in [-0.39, 0.29) is 17.7 Å². The second kappa shape index (κ2) is 9.10. The highest BCUT2D eigenvalue weighted by Gasteiger charge is 2.36. The third kappa shape index (κ3) is 5.23. The van der Waals surface area contributed by atoms with Gasteiger partial charge in [0.05, 0.1) is 23.0 Å². The van der Waals surface area contributed by atoms with Crippen molar-refractivity contribution in [2.24, 2.45) is 7.05 Å². The van der Waals surface area contributed by atoms with Gasteiger partial charge < -0.3 is 5.32 Å². The standard InChI is InChI=1S/C20H25F3N8S/c1-13(2)31-12-16(9-26-31)32-30-6-4-15(5-7-30)27-19-24-10-17(20(21,22)23)18(28-19)14-8-25-29(3)11-14/h8-13,15H,4-7H2,1-3H3,(H,24,27,28). The number of anilines is 1. The van der Waals surface area contributed by atoms with Crippen LogP contribution in [0.5, 0.6) is 0 Å². The van der Waals surface area contributed by atoms with Crippen LogP contribution in [0.2, 0.25) is 0 Å². The van der Waals surface area contributed by atoms with Gasteiger partial charge in [-0.3, -0.25) is 9.36 Å². The Morgan fingerprint density at radius 2 is 1.84 bits per heavy atom. The lowest BCUT2D eigenvalue weighted by atomic mass is 10.1. The monoisotopic (exact) mass is 466 g/mol. The predicted molar refractivity (Wildman–Crippen MR) is 116 cm³/mol. The van der Waals surface area contributed by atoms with Crippen LogP contribution in [0, 0.1) is 0 Å². The molecule has 0 amide bonds. The summed E-state index contributed by atoms with van der Waals surface area (Å²) < 4.78 is 46.0. The SMILES string of the molecule is CC(C)n1cc(SN2CCC(Nc3ncc(C(F)(F)F)c(-c4cnn(C)c4)n3)CC2)cn1. The van der Waals surface area contributed by atoms with Crippen LogP contribution >= 0.6 is 11.9 Å². The Hall–Kier alpha value is -2.60. The molecule has 0 radical (unpaired) electrons. The summed E-state index contributed by atoms with van der Waals surface area (Å²) in [7, 11) is 1.65. The lowest BCUT2D eigenvalue weighted by Crippen LogP contribution is -2.36. The van der Waals surface area contributed by atoms with E-state index in [1.165, 1.54) is 17.1 Å². The van der Waals surface area contributed by atoms with E-state index in [9.17, 15) is 13.2 Å². The van der Waals surface area contributed by atoms with Gasteiger partial charge in [-0.15, -0.1) is 0 Å². The molecule has 4 rings (SSSR count). The van der Waals surface area contributed by atoms with Crippen molar-refractivity contribution in [1.29, 1.82) is 0 Å². The number of aryl methyl sites for hydroxylation is 1. The molecule has 0 atom stereocenters. The fourth-order valence-corrected chi connectivity index (χ4v) is 4.44. The van der Waals surface area contributed by atoms with Gasteiger partial charge in [-0.2, -0.15) is 23.4 Å². The second-order valence-corrected chi connectivity index (χ2v) is 9.22. The average Bonchev–Trinajstić information content (AvgIpc) is 3.38. The van der Waals surface area contributed by atoms with Gasteiger partial charge in [-0.25, -0.2) is 14.3 Å². The Balaban J connectivity index is 1.40. The molecule has 1 N–H and O–H groups in total. The number of hydrogen-bond acceptors (Lipinski definition) is 7. The van der Waals surface area contributed by atoms with E-state index < -0.39 is 11.7 Å². The maximum absolute atomic E-state index is 13.5. The topological polar surface area (TPSA) is 76.7 Å². The molecule has 12 heteroatoms. The highest BCUT2D eigenvalue weighted by molar-refractivity contribution is 7.97. The molecule has 0 unspecified atom stereocenters. The summed E-state index contributed by atoms with van der Waals surface area (Å²) >= 11 is 1.67. The van der Waals surface area contributed by atoms with Crippen LogP contribution in [-0.4, -0.2) is 53.0 Å². The summed E-state index contributed by atoms with van der Waals surface area (Å²) in [5, 5.41) is 11.5.